The molecule has 0 amide bonds. The summed E-state index contributed by atoms with van der Waals surface area (Å²) in [5, 5.41) is 3.34. The van der Waals surface area contributed by atoms with Gasteiger partial charge in [0.15, 0.2) is 0 Å². The standard InChI is InChI=1S/C19H31NO3/c1-14(2)19(21)23-13-18-8-6-17(7-9-18)12-16(5)22-11-10-20-15(3)4/h6-9,14-16,20H,10-13H2,1-5H3. The summed E-state index contributed by atoms with van der Waals surface area (Å²) in [5.41, 5.74) is 2.24. The maximum absolute atomic E-state index is 11.5. The van der Waals surface area contributed by atoms with E-state index in [1.54, 1.807) is 0 Å². The van der Waals surface area contributed by atoms with Crippen molar-refractivity contribution in [2.45, 2.75) is 59.8 Å². The first-order valence-electron chi connectivity index (χ1n) is 8.48. The van der Waals surface area contributed by atoms with Gasteiger partial charge in [0.1, 0.15) is 6.61 Å². The van der Waals surface area contributed by atoms with Crippen LogP contribution in [-0.2, 0) is 27.3 Å². The first kappa shape index (κ1) is 19.7. The molecule has 0 heterocycles. The molecule has 0 aromatic heterocycles. The fourth-order valence-electron chi connectivity index (χ4n) is 2.09. The quantitative estimate of drug-likeness (QED) is 0.530. The summed E-state index contributed by atoms with van der Waals surface area (Å²) < 4.78 is 11.0. The maximum atomic E-state index is 11.5. The van der Waals surface area contributed by atoms with Gasteiger partial charge in [0, 0.05) is 12.6 Å². The molecule has 0 aliphatic carbocycles. The van der Waals surface area contributed by atoms with Crippen LogP contribution >= 0.6 is 0 Å². The zero-order valence-corrected chi connectivity index (χ0v) is 15.1. The largest absolute Gasteiger partial charge is 0.461 e. The Labute approximate surface area is 140 Å². The van der Waals surface area contributed by atoms with Gasteiger partial charge in [0.2, 0.25) is 0 Å². The second-order valence-corrected chi connectivity index (χ2v) is 6.57. The van der Waals surface area contributed by atoms with Crippen molar-refractivity contribution in [3.05, 3.63) is 35.4 Å². The normalized spacial score (nSPS) is 12.7. The number of nitrogens with one attached hydrogen (secondary N) is 1. The minimum atomic E-state index is -0.161. The molecule has 1 aromatic rings. The van der Waals surface area contributed by atoms with Crippen molar-refractivity contribution < 1.29 is 14.3 Å². The van der Waals surface area contributed by atoms with Gasteiger partial charge in [-0.1, -0.05) is 52.0 Å². The molecule has 0 fully saturated rings. The van der Waals surface area contributed by atoms with Crippen LogP contribution in [0.25, 0.3) is 0 Å². The van der Waals surface area contributed by atoms with Crippen LogP contribution in [0.15, 0.2) is 24.3 Å². The Balaban J connectivity index is 2.31. The summed E-state index contributed by atoms with van der Waals surface area (Å²) in [6.07, 6.45) is 1.07. The first-order chi connectivity index (χ1) is 10.9. The highest BCUT2D eigenvalue weighted by Gasteiger charge is 2.08. The summed E-state index contributed by atoms with van der Waals surface area (Å²) in [4.78, 5) is 11.5. The third-order valence-corrected chi connectivity index (χ3v) is 3.46. The lowest BCUT2D eigenvalue weighted by molar-refractivity contribution is -0.148. The van der Waals surface area contributed by atoms with E-state index in [2.05, 4.69) is 38.2 Å². The van der Waals surface area contributed by atoms with E-state index < -0.39 is 0 Å². The number of rotatable bonds is 10. The molecule has 4 heteroatoms. The van der Waals surface area contributed by atoms with E-state index in [0.29, 0.717) is 12.6 Å². The van der Waals surface area contributed by atoms with Gasteiger partial charge in [-0.3, -0.25) is 4.79 Å². The Hall–Kier alpha value is -1.39. The van der Waals surface area contributed by atoms with Crippen LogP contribution < -0.4 is 5.32 Å². The van der Waals surface area contributed by atoms with Crippen molar-refractivity contribution in [1.82, 2.24) is 5.32 Å². The molecule has 0 aliphatic rings. The zero-order valence-electron chi connectivity index (χ0n) is 15.1. The van der Waals surface area contributed by atoms with Crippen molar-refractivity contribution in [3.63, 3.8) is 0 Å². The zero-order chi connectivity index (χ0) is 17.2. The topological polar surface area (TPSA) is 47.6 Å². The summed E-state index contributed by atoms with van der Waals surface area (Å²) in [6.45, 7) is 12.0. The van der Waals surface area contributed by atoms with Crippen LogP contribution in [0.1, 0.15) is 45.7 Å². The van der Waals surface area contributed by atoms with Gasteiger partial charge in [-0.15, -0.1) is 0 Å². The van der Waals surface area contributed by atoms with Crippen molar-refractivity contribution in [3.8, 4) is 0 Å². The Kier molecular flexibility index (Phi) is 8.89. The molecule has 0 bridgehead atoms. The molecule has 4 nitrogen and oxygen atoms in total. The highest BCUT2D eigenvalue weighted by Crippen LogP contribution is 2.10. The second-order valence-electron chi connectivity index (χ2n) is 6.57. The number of ether oxygens (including phenoxy) is 2. The number of hydrogen-bond donors (Lipinski definition) is 1. The van der Waals surface area contributed by atoms with Crippen molar-refractivity contribution in [2.75, 3.05) is 13.2 Å². The van der Waals surface area contributed by atoms with Crippen molar-refractivity contribution >= 4 is 5.97 Å². The molecule has 0 spiro atoms. The fraction of sp³-hybridized carbons (Fsp3) is 0.632. The van der Waals surface area contributed by atoms with E-state index in [1.165, 1.54) is 5.56 Å². The van der Waals surface area contributed by atoms with Crippen LogP contribution in [0.3, 0.4) is 0 Å². The van der Waals surface area contributed by atoms with Crippen LogP contribution in [0.4, 0.5) is 0 Å². The van der Waals surface area contributed by atoms with Gasteiger partial charge in [0.05, 0.1) is 18.6 Å². The Morgan fingerprint density at radius 2 is 1.65 bits per heavy atom. The number of carbonyl (C=O) groups excluding carboxylic acids is 1. The predicted octanol–water partition coefficient (Wildman–Crippen LogP) is 3.33. The molecule has 0 aliphatic heterocycles. The highest BCUT2D eigenvalue weighted by molar-refractivity contribution is 5.71. The predicted molar refractivity (Wildman–Crippen MR) is 93.3 cm³/mol. The number of carbonyl (C=O) groups is 1. The highest BCUT2D eigenvalue weighted by atomic mass is 16.5. The molecular weight excluding hydrogens is 290 g/mol. The molecule has 1 rings (SSSR count). The molecule has 1 N–H and O–H groups in total. The summed E-state index contributed by atoms with van der Waals surface area (Å²) in [6, 6.07) is 8.66. The van der Waals surface area contributed by atoms with E-state index >= 15 is 0 Å². The van der Waals surface area contributed by atoms with Gasteiger partial charge < -0.3 is 14.8 Å². The number of benzene rings is 1. The minimum absolute atomic E-state index is 0.0857. The Morgan fingerprint density at radius 1 is 1.04 bits per heavy atom. The molecule has 0 saturated heterocycles. The van der Waals surface area contributed by atoms with Crippen LogP contribution in [0, 0.1) is 5.92 Å². The fourth-order valence-corrected chi connectivity index (χ4v) is 2.09. The first-order valence-corrected chi connectivity index (χ1v) is 8.48. The summed E-state index contributed by atoms with van der Waals surface area (Å²) in [7, 11) is 0. The van der Waals surface area contributed by atoms with Crippen molar-refractivity contribution in [2.24, 2.45) is 5.92 Å². The lowest BCUT2D eigenvalue weighted by atomic mass is 10.1. The average Bonchev–Trinajstić information content (AvgIpc) is 2.50. The monoisotopic (exact) mass is 321 g/mol. The SMILES string of the molecule is CC(C)NCCOC(C)Cc1ccc(COC(=O)C(C)C)cc1. The molecule has 130 valence electrons. The number of esters is 1. The van der Waals surface area contributed by atoms with Crippen molar-refractivity contribution in [1.29, 1.82) is 0 Å². The third-order valence-electron chi connectivity index (χ3n) is 3.46. The van der Waals surface area contributed by atoms with Gasteiger partial charge in [0.25, 0.3) is 0 Å². The van der Waals surface area contributed by atoms with Gasteiger partial charge in [-0.2, -0.15) is 0 Å². The smallest absolute Gasteiger partial charge is 0.308 e. The average molecular weight is 321 g/mol. The Bertz CT molecular complexity index is 454. The lowest BCUT2D eigenvalue weighted by Crippen LogP contribution is -2.28. The van der Waals surface area contributed by atoms with Crippen LogP contribution in [-0.4, -0.2) is 31.3 Å². The molecule has 0 radical (unpaired) electrons. The van der Waals surface area contributed by atoms with E-state index in [1.807, 2.05) is 26.0 Å². The van der Waals surface area contributed by atoms with Gasteiger partial charge >= 0.3 is 5.97 Å². The number of hydrogen-bond acceptors (Lipinski definition) is 4. The third kappa shape index (κ3) is 8.72. The van der Waals surface area contributed by atoms with E-state index in [9.17, 15) is 4.79 Å². The van der Waals surface area contributed by atoms with Crippen LogP contribution in [0.2, 0.25) is 0 Å². The van der Waals surface area contributed by atoms with E-state index in [0.717, 1.165) is 25.1 Å². The van der Waals surface area contributed by atoms with E-state index in [4.69, 9.17) is 9.47 Å². The molecule has 1 atom stereocenters. The molecule has 1 aromatic carbocycles. The molecule has 23 heavy (non-hydrogen) atoms. The second kappa shape index (κ2) is 10.4. The summed E-state index contributed by atoms with van der Waals surface area (Å²) in [5.74, 6) is -0.247. The Morgan fingerprint density at radius 3 is 2.22 bits per heavy atom. The molecule has 1 unspecified atom stereocenters. The lowest BCUT2D eigenvalue weighted by Gasteiger charge is -2.15. The molecule has 0 saturated carbocycles. The molecular formula is C19H31NO3. The van der Waals surface area contributed by atoms with Gasteiger partial charge in [-0.05, 0) is 24.5 Å². The minimum Gasteiger partial charge on any atom is -0.461 e. The maximum Gasteiger partial charge on any atom is 0.308 e. The summed E-state index contributed by atoms with van der Waals surface area (Å²) >= 11 is 0. The van der Waals surface area contributed by atoms with E-state index in [-0.39, 0.29) is 18.0 Å². The van der Waals surface area contributed by atoms with Gasteiger partial charge in [-0.25, -0.2) is 0 Å². The van der Waals surface area contributed by atoms with Crippen LogP contribution in [0.5, 0.6) is 0 Å².